The van der Waals surface area contributed by atoms with E-state index in [2.05, 4.69) is 15.0 Å². The molecule has 0 bridgehead atoms. The molecule has 0 atom stereocenters. The van der Waals surface area contributed by atoms with E-state index in [-0.39, 0.29) is 0 Å². The molecular weight excluding hydrogens is 289 g/mol. The van der Waals surface area contributed by atoms with Crippen molar-refractivity contribution in [2.75, 3.05) is 5.75 Å². The Morgan fingerprint density at radius 2 is 1.83 bits per heavy atom. The van der Waals surface area contributed by atoms with Gasteiger partial charge in [0.1, 0.15) is 17.0 Å². The second-order valence-electron chi connectivity index (χ2n) is 3.67. The van der Waals surface area contributed by atoms with E-state index in [0.717, 1.165) is 22.1 Å². The Kier molecular flexibility index (Phi) is 3.24. The van der Waals surface area contributed by atoms with Crippen molar-refractivity contribution < 1.29 is 0 Å². The summed E-state index contributed by atoms with van der Waals surface area (Å²) in [5.74, 6) is 0.766. The van der Waals surface area contributed by atoms with Gasteiger partial charge in [-0.3, -0.25) is 0 Å². The number of aromatic nitrogens is 2. The van der Waals surface area contributed by atoms with Gasteiger partial charge in [0.25, 0.3) is 0 Å². The van der Waals surface area contributed by atoms with E-state index in [1.54, 1.807) is 11.8 Å². The van der Waals surface area contributed by atoms with Gasteiger partial charge in [-0.05, 0) is 17.7 Å². The number of thioether (sulfide) groups is 1. The molecule has 1 aliphatic rings. The van der Waals surface area contributed by atoms with Crippen LogP contribution in [-0.4, -0.2) is 21.4 Å². The zero-order valence-electron chi connectivity index (χ0n) is 9.10. The molecule has 3 nitrogen and oxygen atoms in total. The molecule has 2 heterocycles. The number of rotatable bonds is 1. The molecule has 0 amide bonds. The summed E-state index contributed by atoms with van der Waals surface area (Å²) in [5, 5.41) is 1.93. The Morgan fingerprint density at radius 1 is 1.06 bits per heavy atom. The third kappa shape index (κ3) is 2.23. The highest BCUT2D eigenvalue weighted by molar-refractivity contribution is 8.00. The van der Waals surface area contributed by atoms with Gasteiger partial charge >= 0.3 is 0 Å². The van der Waals surface area contributed by atoms with Gasteiger partial charge in [0.2, 0.25) is 0 Å². The van der Waals surface area contributed by atoms with Crippen LogP contribution in [0.5, 0.6) is 0 Å². The van der Waals surface area contributed by atoms with Crippen LogP contribution in [0.2, 0.25) is 10.2 Å². The molecule has 1 aromatic heterocycles. The molecule has 2 aromatic rings. The quantitative estimate of drug-likeness (QED) is 0.746. The summed E-state index contributed by atoms with van der Waals surface area (Å²) in [6, 6.07) is 7.60. The fraction of sp³-hybridized carbons (Fsp3) is 0.0833. The maximum absolute atomic E-state index is 6.03. The molecule has 90 valence electrons. The van der Waals surface area contributed by atoms with Crippen molar-refractivity contribution in [1.29, 1.82) is 0 Å². The van der Waals surface area contributed by atoms with E-state index in [4.69, 9.17) is 23.2 Å². The molecule has 1 aromatic carbocycles. The number of nitrogens with zero attached hydrogens (tertiary/aromatic N) is 3. The molecule has 18 heavy (non-hydrogen) atoms. The minimum atomic E-state index is 0.388. The lowest BCUT2D eigenvalue weighted by molar-refractivity contribution is 1.04. The highest BCUT2D eigenvalue weighted by atomic mass is 35.5. The molecule has 0 aliphatic carbocycles. The Morgan fingerprint density at radius 3 is 2.61 bits per heavy atom. The van der Waals surface area contributed by atoms with E-state index >= 15 is 0 Å². The standard InChI is InChI=1S/C12H7Cl2N3S/c13-8-3-1-7(2-4-8)9-5-18-12-10(17-9)11(14)15-6-16-12/h1-4,6H,5H2. The fourth-order valence-corrected chi connectivity index (χ4v) is 2.90. The Bertz CT molecular complexity index is 626. The average molecular weight is 296 g/mol. The summed E-state index contributed by atoms with van der Waals surface area (Å²) in [4.78, 5) is 12.6. The maximum atomic E-state index is 6.03. The van der Waals surface area contributed by atoms with Crippen molar-refractivity contribution in [2.24, 2.45) is 4.99 Å². The van der Waals surface area contributed by atoms with Crippen molar-refractivity contribution in [2.45, 2.75) is 5.03 Å². The van der Waals surface area contributed by atoms with Gasteiger partial charge in [0.05, 0.1) is 5.71 Å². The van der Waals surface area contributed by atoms with Crippen LogP contribution in [0.4, 0.5) is 5.69 Å². The number of hydrogen-bond acceptors (Lipinski definition) is 4. The molecule has 0 fully saturated rings. The molecular formula is C12H7Cl2N3S. The Hall–Kier alpha value is -1.10. The van der Waals surface area contributed by atoms with Crippen molar-refractivity contribution in [3.8, 4) is 0 Å². The van der Waals surface area contributed by atoms with Crippen LogP contribution in [0.3, 0.4) is 0 Å². The van der Waals surface area contributed by atoms with E-state index in [0.29, 0.717) is 15.9 Å². The highest BCUT2D eigenvalue weighted by Gasteiger charge is 2.18. The zero-order chi connectivity index (χ0) is 12.5. The Balaban J connectivity index is 2.05. The second-order valence-corrected chi connectivity index (χ2v) is 5.43. The van der Waals surface area contributed by atoms with Crippen LogP contribution in [-0.2, 0) is 0 Å². The second kappa shape index (κ2) is 4.88. The third-order valence-electron chi connectivity index (χ3n) is 2.51. The molecule has 0 saturated carbocycles. The highest BCUT2D eigenvalue weighted by Crippen LogP contribution is 2.37. The monoisotopic (exact) mass is 295 g/mol. The lowest BCUT2D eigenvalue weighted by Crippen LogP contribution is -2.08. The lowest BCUT2D eigenvalue weighted by Gasteiger charge is -2.14. The van der Waals surface area contributed by atoms with Crippen LogP contribution in [0, 0.1) is 0 Å². The van der Waals surface area contributed by atoms with Crippen molar-refractivity contribution in [3.63, 3.8) is 0 Å². The van der Waals surface area contributed by atoms with Crippen molar-refractivity contribution in [1.82, 2.24) is 9.97 Å². The topological polar surface area (TPSA) is 38.1 Å². The smallest absolute Gasteiger partial charge is 0.159 e. The third-order valence-corrected chi connectivity index (χ3v) is 4.03. The van der Waals surface area contributed by atoms with E-state index in [9.17, 15) is 0 Å². The summed E-state index contributed by atoms with van der Waals surface area (Å²) in [7, 11) is 0. The van der Waals surface area contributed by atoms with Crippen molar-refractivity contribution in [3.05, 3.63) is 46.3 Å². The fourth-order valence-electron chi connectivity index (χ4n) is 1.64. The van der Waals surface area contributed by atoms with Crippen LogP contribution in [0.25, 0.3) is 0 Å². The molecule has 1 aliphatic heterocycles. The summed E-state index contributed by atoms with van der Waals surface area (Å²) in [5.41, 5.74) is 2.65. The number of aliphatic imine (C=N–C) groups is 1. The number of benzene rings is 1. The molecule has 3 rings (SSSR count). The van der Waals surface area contributed by atoms with Gasteiger partial charge in [0, 0.05) is 10.8 Å². The molecule has 6 heteroatoms. The number of fused-ring (bicyclic) bond motifs is 1. The van der Waals surface area contributed by atoms with Crippen molar-refractivity contribution >= 4 is 46.4 Å². The first kappa shape index (κ1) is 12.0. The molecule has 0 spiro atoms. The molecule has 0 unspecified atom stereocenters. The SMILES string of the molecule is Clc1ccc(C2=Nc3c(Cl)ncnc3SC2)cc1. The number of halogens is 2. The summed E-state index contributed by atoms with van der Waals surface area (Å²) in [6.45, 7) is 0. The molecule has 0 saturated heterocycles. The van der Waals surface area contributed by atoms with Gasteiger partial charge in [0.15, 0.2) is 5.15 Å². The molecule has 0 radical (unpaired) electrons. The maximum Gasteiger partial charge on any atom is 0.159 e. The Labute approximate surface area is 118 Å². The van der Waals surface area contributed by atoms with Gasteiger partial charge < -0.3 is 0 Å². The first-order valence-corrected chi connectivity index (χ1v) is 6.95. The first-order valence-electron chi connectivity index (χ1n) is 5.21. The summed E-state index contributed by atoms with van der Waals surface area (Å²) >= 11 is 13.5. The largest absolute Gasteiger partial charge is 0.246 e. The lowest BCUT2D eigenvalue weighted by atomic mass is 10.1. The van der Waals surface area contributed by atoms with Crippen LogP contribution in [0.1, 0.15) is 5.56 Å². The van der Waals surface area contributed by atoms with Gasteiger partial charge in [-0.2, -0.15) is 0 Å². The van der Waals surface area contributed by atoms with E-state index in [1.807, 2.05) is 24.3 Å². The minimum absolute atomic E-state index is 0.388. The van der Waals surface area contributed by atoms with Crippen LogP contribution in [0.15, 0.2) is 40.6 Å². The van der Waals surface area contributed by atoms with Gasteiger partial charge in [-0.1, -0.05) is 47.1 Å². The number of hydrogen-bond donors (Lipinski definition) is 0. The van der Waals surface area contributed by atoms with E-state index in [1.165, 1.54) is 6.33 Å². The van der Waals surface area contributed by atoms with E-state index < -0.39 is 0 Å². The van der Waals surface area contributed by atoms with Crippen LogP contribution < -0.4 is 0 Å². The zero-order valence-corrected chi connectivity index (χ0v) is 11.4. The normalized spacial score (nSPS) is 14.0. The predicted molar refractivity (Wildman–Crippen MR) is 75.4 cm³/mol. The average Bonchev–Trinajstić information content (AvgIpc) is 2.40. The van der Waals surface area contributed by atoms with Crippen LogP contribution >= 0.6 is 35.0 Å². The summed E-state index contributed by atoms with van der Waals surface area (Å²) < 4.78 is 0. The van der Waals surface area contributed by atoms with Gasteiger partial charge in [-0.25, -0.2) is 15.0 Å². The summed E-state index contributed by atoms with van der Waals surface area (Å²) in [6.07, 6.45) is 1.46. The first-order chi connectivity index (χ1) is 8.74. The minimum Gasteiger partial charge on any atom is -0.246 e. The van der Waals surface area contributed by atoms with Gasteiger partial charge in [-0.15, -0.1) is 0 Å². The molecule has 0 N–H and O–H groups in total. The predicted octanol–water partition coefficient (Wildman–Crippen LogP) is 4.01.